The number of rotatable bonds is 4. The lowest BCUT2D eigenvalue weighted by Crippen LogP contribution is -2.49. The van der Waals surface area contributed by atoms with Gasteiger partial charge in [0.15, 0.2) is 0 Å². The van der Waals surface area contributed by atoms with Crippen LogP contribution in [0.4, 0.5) is 5.69 Å². The Morgan fingerprint density at radius 3 is 2.55 bits per heavy atom. The van der Waals surface area contributed by atoms with Gasteiger partial charge in [-0.2, -0.15) is 0 Å². The van der Waals surface area contributed by atoms with Gasteiger partial charge >= 0.3 is 0 Å². The second-order valence-electron chi connectivity index (χ2n) is 9.03. The molecule has 1 aromatic carbocycles. The topological polar surface area (TPSA) is 35.6 Å². The number of hydrogen-bond acceptors (Lipinski definition) is 3. The van der Waals surface area contributed by atoms with Gasteiger partial charge in [0.25, 0.3) is 5.91 Å². The van der Waals surface area contributed by atoms with E-state index in [1.54, 1.807) is 0 Å². The lowest BCUT2D eigenvalue weighted by atomic mass is 9.86. The van der Waals surface area contributed by atoms with Crippen molar-refractivity contribution in [2.45, 2.75) is 76.9 Å². The number of nitrogens with one attached hydrogen (secondary N) is 1. The maximum atomic E-state index is 12.9. The number of anilines is 1. The van der Waals surface area contributed by atoms with Crippen LogP contribution in [0.3, 0.4) is 0 Å². The third kappa shape index (κ3) is 3.31. The highest BCUT2D eigenvalue weighted by molar-refractivity contribution is 5.95. The van der Waals surface area contributed by atoms with E-state index >= 15 is 0 Å². The third-order valence-electron chi connectivity index (χ3n) is 7.31. The van der Waals surface area contributed by atoms with Gasteiger partial charge in [-0.25, -0.2) is 0 Å². The quantitative estimate of drug-likeness (QED) is 0.825. The maximum absolute atomic E-state index is 12.9. The molecule has 1 amide bonds. The lowest BCUT2D eigenvalue weighted by Gasteiger charge is -2.45. The van der Waals surface area contributed by atoms with Crippen molar-refractivity contribution >= 4 is 11.6 Å². The second-order valence-corrected chi connectivity index (χ2v) is 9.03. The summed E-state index contributed by atoms with van der Waals surface area (Å²) in [4.78, 5) is 17.5. The van der Waals surface area contributed by atoms with E-state index in [2.05, 4.69) is 54.4 Å². The molecule has 2 atom stereocenters. The molecule has 5 rings (SSSR count). The summed E-state index contributed by atoms with van der Waals surface area (Å²) in [6, 6.07) is 8.35. The Hall–Kier alpha value is -2.07. The number of nitrogens with zero attached hydrogens (tertiary/aromatic N) is 2. The van der Waals surface area contributed by atoms with Crippen molar-refractivity contribution in [1.82, 2.24) is 10.2 Å². The smallest absolute Gasteiger partial charge is 0.253 e. The molecular formula is C25H33N3O. The number of piperidine rings is 1. The number of benzene rings is 1. The van der Waals surface area contributed by atoms with E-state index in [9.17, 15) is 4.79 Å². The Labute approximate surface area is 174 Å². The molecule has 1 aromatic rings. The van der Waals surface area contributed by atoms with E-state index < -0.39 is 0 Å². The highest BCUT2D eigenvalue weighted by Gasteiger charge is 2.39. The van der Waals surface area contributed by atoms with E-state index in [0.29, 0.717) is 18.1 Å². The Morgan fingerprint density at radius 2 is 1.83 bits per heavy atom. The average molecular weight is 392 g/mol. The molecule has 4 nitrogen and oxygen atoms in total. The zero-order valence-electron chi connectivity index (χ0n) is 17.8. The molecule has 2 saturated heterocycles. The number of allylic oxidation sites excluding steroid dienone is 3. The van der Waals surface area contributed by atoms with Crippen LogP contribution in [0.1, 0.15) is 68.3 Å². The molecular weight excluding hydrogens is 358 g/mol. The van der Waals surface area contributed by atoms with Crippen LogP contribution >= 0.6 is 0 Å². The predicted molar refractivity (Wildman–Crippen MR) is 118 cm³/mol. The second kappa shape index (κ2) is 7.64. The fourth-order valence-electron chi connectivity index (χ4n) is 5.88. The van der Waals surface area contributed by atoms with E-state index in [1.165, 1.54) is 48.2 Å². The molecule has 0 aromatic heterocycles. The van der Waals surface area contributed by atoms with Gasteiger partial charge in [0, 0.05) is 54.6 Å². The average Bonchev–Trinajstić information content (AvgIpc) is 3.09. The Morgan fingerprint density at radius 1 is 1.10 bits per heavy atom. The van der Waals surface area contributed by atoms with Gasteiger partial charge in [0.05, 0.1) is 0 Å². The van der Waals surface area contributed by atoms with Crippen molar-refractivity contribution in [2.24, 2.45) is 0 Å². The molecule has 154 valence electrons. The van der Waals surface area contributed by atoms with Crippen molar-refractivity contribution in [1.29, 1.82) is 0 Å². The highest BCUT2D eigenvalue weighted by Crippen LogP contribution is 2.43. The third-order valence-corrected chi connectivity index (χ3v) is 7.31. The van der Waals surface area contributed by atoms with E-state index in [-0.39, 0.29) is 5.91 Å². The Balaban J connectivity index is 1.53. The monoisotopic (exact) mass is 391 g/mol. The predicted octanol–water partition coefficient (Wildman–Crippen LogP) is 4.42. The van der Waals surface area contributed by atoms with Gasteiger partial charge in [-0.05, 0) is 81.7 Å². The first-order valence-electron chi connectivity index (χ1n) is 11.5. The molecule has 4 aliphatic rings. The number of fused-ring (bicyclic) bond motifs is 4. The van der Waals surface area contributed by atoms with Crippen molar-refractivity contribution < 1.29 is 4.79 Å². The molecule has 0 spiro atoms. The van der Waals surface area contributed by atoms with Crippen molar-refractivity contribution in [3.63, 3.8) is 0 Å². The standard InChI is InChI=1S/C25H33N3O/c1-3-27(4-2)25(29)18-9-12-24-19(14-18)13-17-7-5-6-8-23(17)28(24)22-15-20-10-11-21(16-22)26-20/h7-9,12,14,20-22,26H,3-6,10-11,13,15-16H2,1-2H3. The van der Waals surface area contributed by atoms with Crippen molar-refractivity contribution in [2.75, 3.05) is 18.0 Å². The van der Waals surface area contributed by atoms with Crippen LogP contribution in [0, 0.1) is 0 Å². The summed E-state index contributed by atoms with van der Waals surface area (Å²) in [6.07, 6.45) is 13.2. The summed E-state index contributed by atoms with van der Waals surface area (Å²) in [7, 11) is 0. The highest BCUT2D eigenvalue weighted by atomic mass is 16.2. The molecule has 4 heteroatoms. The molecule has 2 bridgehead atoms. The molecule has 0 saturated carbocycles. The molecule has 2 fully saturated rings. The fourth-order valence-corrected chi connectivity index (χ4v) is 5.88. The van der Waals surface area contributed by atoms with Crippen LogP contribution in [-0.2, 0) is 6.42 Å². The van der Waals surface area contributed by atoms with Crippen molar-refractivity contribution in [3.8, 4) is 0 Å². The van der Waals surface area contributed by atoms with Crippen LogP contribution < -0.4 is 10.2 Å². The Bertz CT molecular complexity index is 855. The van der Waals surface area contributed by atoms with E-state index in [0.717, 1.165) is 37.9 Å². The first kappa shape index (κ1) is 18.9. The number of carbonyl (C=O) groups excluding carboxylic acids is 1. The van der Waals surface area contributed by atoms with Crippen LogP contribution in [0.25, 0.3) is 0 Å². The number of hydrogen-bond donors (Lipinski definition) is 1. The first-order valence-corrected chi connectivity index (χ1v) is 11.5. The van der Waals surface area contributed by atoms with Crippen LogP contribution in [-0.4, -0.2) is 42.0 Å². The van der Waals surface area contributed by atoms with E-state index in [4.69, 9.17) is 0 Å². The largest absolute Gasteiger partial charge is 0.339 e. The minimum absolute atomic E-state index is 0.156. The molecule has 0 radical (unpaired) electrons. The molecule has 3 aliphatic heterocycles. The number of amides is 1. The van der Waals surface area contributed by atoms with Gasteiger partial charge in [0.1, 0.15) is 0 Å². The zero-order chi connectivity index (χ0) is 20.0. The summed E-state index contributed by atoms with van der Waals surface area (Å²) < 4.78 is 0. The minimum Gasteiger partial charge on any atom is -0.339 e. The van der Waals surface area contributed by atoms with Crippen LogP contribution in [0.5, 0.6) is 0 Å². The summed E-state index contributed by atoms with van der Waals surface area (Å²) in [6.45, 7) is 5.62. The molecule has 3 heterocycles. The maximum Gasteiger partial charge on any atom is 0.253 e. The molecule has 1 aliphatic carbocycles. The van der Waals surface area contributed by atoms with Gasteiger partial charge in [-0.1, -0.05) is 12.2 Å². The molecule has 1 N–H and O–H groups in total. The summed E-state index contributed by atoms with van der Waals surface area (Å²) >= 11 is 0. The fraction of sp³-hybridized carbons (Fsp3) is 0.560. The zero-order valence-corrected chi connectivity index (χ0v) is 17.8. The summed E-state index contributed by atoms with van der Waals surface area (Å²) in [5, 5.41) is 3.79. The van der Waals surface area contributed by atoms with E-state index in [1.807, 2.05) is 4.90 Å². The van der Waals surface area contributed by atoms with Gasteiger partial charge in [-0.15, -0.1) is 0 Å². The lowest BCUT2D eigenvalue weighted by molar-refractivity contribution is 0.0773. The first-order chi connectivity index (χ1) is 14.2. The van der Waals surface area contributed by atoms with Gasteiger partial charge in [-0.3, -0.25) is 4.79 Å². The molecule has 2 unspecified atom stereocenters. The normalized spacial score (nSPS) is 27.7. The number of carbonyl (C=O) groups is 1. The van der Waals surface area contributed by atoms with Crippen LogP contribution in [0.2, 0.25) is 0 Å². The van der Waals surface area contributed by atoms with Crippen molar-refractivity contribution in [3.05, 3.63) is 52.7 Å². The Kier molecular flexibility index (Phi) is 4.99. The molecule has 29 heavy (non-hydrogen) atoms. The van der Waals surface area contributed by atoms with Gasteiger partial charge < -0.3 is 15.1 Å². The van der Waals surface area contributed by atoms with Crippen LogP contribution in [0.15, 0.2) is 41.6 Å². The summed E-state index contributed by atoms with van der Waals surface area (Å²) in [5.41, 5.74) is 6.39. The SMILES string of the molecule is CCN(CC)C(=O)c1ccc2c(c1)CC1=CCCC=C1N2C1CC2CCC(C1)N2. The van der Waals surface area contributed by atoms with Gasteiger partial charge in [0.2, 0.25) is 0 Å². The minimum atomic E-state index is 0.156. The summed E-state index contributed by atoms with van der Waals surface area (Å²) in [5.74, 6) is 0.156.